The van der Waals surface area contributed by atoms with Gasteiger partial charge >= 0.3 is 0 Å². The fourth-order valence-corrected chi connectivity index (χ4v) is 4.01. The summed E-state index contributed by atoms with van der Waals surface area (Å²) in [7, 11) is 0. The molecule has 34 heavy (non-hydrogen) atoms. The molecule has 0 spiro atoms. The van der Waals surface area contributed by atoms with Crippen molar-refractivity contribution in [1.29, 1.82) is 0 Å². The van der Waals surface area contributed by atoms with Crippen LogP contribution in [0.1, 0.15) is 34.5 Å². The molecular formula is C30H25N3O. The summed E-state index contributed by atoms with van der Waals surface area (Å²) in [6, 6.07) is 33.7. The van der Waals surface area contributed by atoms with Crippen LogP contribution < -0.4 is 5.32 Å². The maximum atomic E-state index is 13.0. The summed E-state index contributed by atoms with van der Waals surface area (Å²) in [5.74, 6) is -0.134. The van der Waals surface area contributed by atoms with Gasteiger partial charge in [-0.15, -0.1) is 0 Å². The Hall–Kier alpha value is -4.31. The number of benzene rings is 4. The third-order valence-electron chi connectivity index (χ3n) is 5.95. The number of hydrogen-bond acceptors (Lipinski definition) is 3. The van der Waals surface area contributed by atoms with Gasteiger partial charge in [-0.2, -0.15) is 0 Å². The molecule has 1 N–H and O–H groups in total. The van der Waals surface area contributed by atoms with Crippen LogP contribution in [0.2, 0.25) is 0 Å². The number of nitrogens with zero attached hydrogens (tertiary/aromatic N) is 2. The Morgan fingerprint density at radius 1 is 0.706 bits per heavy atom. The molecular weight excluding hydrogens is 418 g/mol. The molecule has 1 amide bonds. The van der Waals surface area contributed by atoms with E-state index >= 15 is 0 Å². The Balaban J connectivity index is 1.52. The normalized spacial score (nSPS) is 11.8. The van der Waals surface area contributed by atoms with E-state index in [1.54, 1.807) is 0 Å². The second-order valence-electron chi connectivity index (χ2n) is 8.46. The van der Waals surface area contributed by atoms with E-state index in [0.29, 0.717) is 11.1 Å². The lowest BCUT2D eigenvalue weighted by molar-refractivity contribution is 0.0940. The highest BCUT2D eigenvalue weighted by Crippen LogP contribution is 2.31. The van der Waals surface area contributed by atoms with Gasteiger partial charge in [0.2, 0.25) is 0 Å². The molecule has 0 saturated carbocycles. The minimum Gasteiger partial charge on any atom is -0.346 e. The standard InChI is InChI=1S/C30H25N3O/c1-20-13-15-22(16-14-20)21(2)31-30(34)25-17-18-26-27(19-25)33-29(24-11-7-4-8-12-24)28(32-26)23-9-5-3-6-10-23/h3-19,21H,1-2H3,(H,31,34). The van der Waals surface area contributed by atoms with Crippen LogP contribution in [-0.2, 0) is 0 Å². The first kappa shape index (κ1) is 21.5. The van der Waals surface area contributed by atoms with Crippen molar-refractivity contribution >= 4 is 16.9 Å². The zero-order valence-corrected chi connectivity index (χ0v) is 19.2. The van der Waals surface area contributed by atoms with Gasteiger partial charge in [-0.3, -0.25) is 4.79 Å². The van der Waals surface area contributed by atoms with Crippen molar-refractivity contribution in [1.82, 2.24) is 15.3 Å². The predicted octanol–water partition coefficient (Wildman–Crippen LogP) is 6.76. The Morgan fingerprint density at radius 2 is 1.26 bits per heavy atom. The third-order valence-corrected chi connectivity index (χ3v) is 5.95. The molecule has 0 bridgehead atoms. The van der Waals surface area contributed by atoms with Gasteiger partial charge in [0.05, 0.1) is 28.5 Å². The van der Waals surface area contributed by atoms with Crippen LogP contribution in [0.4, 0.5) is 0 Å². The Kier molecular flexibility index (Phi) is 5.88. The lowest BCUT2D eigenvalue weighted by Crippen LogP contribution is -2.26. The number of aromatic nitrogens is 2. The van der Waals surface area contributed by atoms with Gasteiger partial charge in [-0.25, -0.2) is 9.97 Å². The van der Waals surface area contributed by atoms with Crippen molar-refractivity contribution < 1.29 is 4.79 Å². The van der Waals surface area contributed by atoms with Gasteiger partial charge in [-0.05, 0) is 37.6 Å². The van der Waals surface area contributed by atoms with Gasteiger partial charge in [0.25, 0.3) is 5.91 Å². The van der Waals surface area contributed by atoms with Gasteiger partial charge in [0.15, 0.2) is 0 Å². The van der Waals surface area contributed by atoms with Crippen molar-refractivity contribution in [2.24, 2.45) is 0 Å². The van der Waals surface area contributed by atoms with Crippen LogP contribution >= 0.6 is 0 Å². The molecule has 0 aliphatic rings. The highest BCUT2D eigenvalue weighted by Gasteiger charge is 2.16. The maximum Gasteiger partial charge on any atom is 0.251 e. The summed E-state index contributed by atoms with van der Waals surface area (Å²) < 4.78 is 0. The predicted molar refractivity (Wildman–Crippen MR) is 137 cm³/mol. The summed E-state index contributed by atoms with van der Waals surface area (Å²) >= 11 is 0. The second kappa shape index (κ2) is 9.28. The van der Waals surface area contributed by atoms with E-state index in [0.717, 1.165) is 33.6 Å². The largest absolute Gasteiger partial charge is 0.346 e. The topological polar surface area (TPSA) is 54.9 Å². The monoisotopic (exact) mass is 443 g/mol. The van der Waals surface area contributed by atoms with Crippen molar-refractivity contribution in [3.63, 3.8) is 0 Å². The molecule has 0 aliphatic heterocycles. The zero-order valence-electron chi connectivity index (χ0n) is 19.2. The zero-order chi connectivity index (χ0) is 23.5. The number of amides is 1. The fraction of sp³-hybridized carbons (Fsp3) is 0.100. The summed E-state index contributed by atoms with van der Waals surface area (Å²) in [6.07, 6.45) is 0. The Bertz CT molecular complexity index is 1450. The number of hydrogen-bond donors (Lipinski definition) is 1. The third kappa shape index (κ3) is 4.44. The highest BCUT2D eigenvalue weighted by atomic mass is 16.1. The van der Waals surface area contributed by atoms with E-state index in [-0.39, 0.29) is 11.9 Å². The Labute approximate surface area is 199 Å². The van der Waals surface area contributed by atoms with E-state index in [9.17, 15) is 4.79 Å². The summed E-state index contributed by atoms with van der Waals surface area (Å²) in [5.41, 5.74) is 7.87. The molecule has 0 fully saturated rings. The molecule has 0 aliphatic carbocycles. The minimum absolute atomic E-state index is 0.102. The lowest BCUT2D eigenvalue weighted by Gasteiger charge is -2.15. The molecule has 4 nitrogen and oxygen atoms in total. The smallest absolute Gasteiger partial charge is 0.251 e. The SMILES string of the molecule is Cc1ccc(C(C)NC(=O)c2ccc3nc(-c4ccccc4)c(-c4ccccc4)nc3c2)cc1. The first-order valence-electron chi connectivity index (χ1n) is 11.4. The molecule has 1 unspecified atom stereocenters. The first-order chi connectivity index (χ1) is 16.6. The minimum atomic E-state index is -0.134. The van der Waals surface area contributed by atoms with E-state index < -0.39 is 0 Å². The molecule has 0 saturated heterocycles. The Morgan fingerprint density at radius 3 is 1.85 bits per heavy atom. The van der Waals surface area contributed by atoms with E-state index in [2.05, 4.69) is 24.4 Å². The first-order valence-corrected chi connectivity index (χ1v) is 11.4. The van der Waals surface area contributed by atoms with Crippen LogP contribution in [0.3, 0.4) is 0 Å². The van der Waals surface area contributed by atoms with Crippen LogP contribution in [0.25, 0.3) is 33.5 Å². The molecule has 5 rings (SSSR count). The fourth-order valence-electron chi connectivity index (χ4n) is 4.01. The molecule has 4 heteroatoms. The van der Waals surface area contributed by atoms with Crippen LogP contribution in [-0.4, -0.2) is 15.9 Å². The van der Waals surface area contributed by atoms with Crippen LogP contribution in [0.15, 0.2) is 103 Å². The molecule has 0 radical (unpaired) electrons. The molecule has 1 atom stereocenters. The number of carbonyl (C=O) groups is 1. The summed E-state index contributed by atoms with van der Waals surface area (Å²) in [4.78, 5) is 22.9. The second-order valence-corrected chi connectivity index (χ2v) is 8.46. The van der Waals surface area contributed by atoms with Crippen molar-refractivity contribution in [3.05, 3.63) is 120 Å². The lowest BCUT2D eigenvalue weighted by atomic mass is 10.0. The van der Waals surface area contributed by atoms with E-state index in [4.69, 9.17) is 9.97 Å². The number of carbonyl (C=O) groups excluding carboxylic acids is 1. The number of nitrogens with one attached hydrogen (secondary N) is 1. The quantitative estimate of drug-likeness (QED) is 0.326. The maximum absolute atomic E-state index is 13.0. The van der Waals surface area contributed by atoms with Crippen LogP contribution in [0.5, 0.6) is 0 Å². The average molecular weight is 444 g/mol. The number of fused-ring (bicyclic) bond motifs is 1. The molecule has 5 aromatic rings. The van der Waals surface area contributed by atoms with E-state index in [1.807, 2.05) is 97.9 Å². The number of rotatable bonds is 5. The van der Waals surface area contributed by atoms with Gasteiger partial charge in [0.1, 0.15) is 0 Å². The van der Waals surface area contributed by atoms with Crippen molar-refractivity contribution in [2.45, 2.75) is 19.9 Å². The highest BCUT2D eigenvalue weighted by molar-refractivity contribution is 5.98. The van der Waals surface area contributed by atoms with Gasteiger partial charge in [0, 0.05) is 16.7 Å². The molecule has 166 valence electrons. The molecule has 1 heterocycles. The van der Waals surface area contributed by atoms with Crippen molar-refractivity contribution in [3.8, 4) is 22.5 Å². The van der Waals surface area contributed by atoms with E-state index in [1.165, 1.54) is 5.56 Å². The molecule has 4 aromatic carbocycles. The average Bonchev–Trinajstić information content (AvgIpc) is 2.89. The van der Waals surface area contributed by atoms with Crippen molar-refractivity contribution in [2.75, 3.05) is 0 Å². The number of aryl methyl sites for hydroxylation is 1. The van der Waals surface area contributed by atoms with Gasteiger partial charge in [-0.1, -0.05) is 90.5 Å². The summed E-state index contributed by atoms with van der Waals surface area (Å²) in [5, 5.41) is 3.09. The molecule has 1 aromatic heterocycles. The van der Waals surface area contributed by atoms with Crippen LogP contribution in [0, 0.1) is 6.92 Å². The summed E-state index contributed by atoms with van der Waals surface area (Å²) in [6.45, 7) is 4.04. The van der Waals surface area contributed by atoms with Gasteiger partial charge < -0.3 is 5.32 Å².